The maximum Gasteiger partial charge on any atom is 0.289 e. The van der Waals surface area contributed by atoms with Crippen molar-refractivity contribution in [2.24, 2.45) is 0 Å². The van der Waals surface area contributed by atoms with Crippen molar-refractivity contribution >= 4 is 11.8 Å². The van der Waals surface area contributed by atoms with Gasteiger partial charge in [-0.15, -0.1) is 0 Å². The van der Waals surface area contributed by atoms with E-state index >= 15 is 0 Å². The number of amides is 2. The molecule has 0 aliphatic carbocycles. The molecule has 1 saturated heterocycles. The van der Waals surface area contributed by atoms with Crippen LogP contribution in [0.15, 0.2) is 41.1 Å². The van der Waals surface area contributed by atoms with E-state index in [1.54, 1.807) is 6.92 Å². The fourth-order valence-corrected chi connectivity index (χ4v) is 2.97. The van der Waals surface area contributed by atoms with Crippen molar-refractivity contribution in [2.45, 2.75) is 32.2 Å². The first-order valence-corrected chi connectivity index (χ1v) is 8.16. The van der Waals surface area contributed by atoms with Gasteiger partial charge in [0.1, 0.15) is 0 Å². The summed E-state index contributed by atoms with van der Waals surface area (Å²) in [4.78, 5) is 29.9. The molecule has 2 heterocycles. The average Bonchev–Trinajstić information content (AvgIpc) is 3.14. The fraction of sp³-hybridized carbons (Fsp3) is 0.389. The standard InChI is InChI=1S/C18H21N3O3/c1-13-17(24-12-19-13)18(23)20-15-10-16(22)21(11-15)9-5-8-14-6-3-2-4-7-14/h2-4,6-7,12,15H,5,8-11H2,1H3,(H,20,23). The number of oxazole rings is 1. The summed E-state index contributed by atoms with van der Waals surface area (Å²) < 4.78 is 5.08. The Balaban J connectivity index is 1.47. The number of aryl methyl sites for hydroxylation is 2. The Kier molecular flexibility index (Phi) is 4.93. The van der Waals surface area contributed by atoms with Crippen molar-refractivity contribution in [1.29, 1.82) is 0 Å². The van der Waals surface area contributed by atoms with Gasteiger partial charge >= 0.3 is 0 Å². The maximum atomic E-state index is 12.1. The molecular formula is C18H21N3O3. The lowest BCUT2D eigenvalue weighted by molar-refractivity contribution is -0.127. The molecule has 1 fully saturated rings. The summed E-state index contributed by atoms with van der Waals surface area (Å²) >= 11 is 0. The van der Waals surface area contributed by atoms with Crippen molar-refractivity contribution in [3.8, 4) is 0 Å². The average molecular weight is 327 g/mol. The van der Waals surface area contributed by atoms with Crippen LogP contribution in [-0.2, 0) is 11.2 Å². The Morgan fingerprint density at radius 2 is 2.17 bits per heavy atom. The normalized spacial score (nSPS) is 17.3. The summed E-state index contributed by atoms with van der Waals surface area (Å²) in [5, 5.41) is 2.86. The van der Waals surface area contributed by atoms with Gasteiger partial charge < -0.3 is 14.6 Å². The highest BCUT2D eigenvalue weighted by molar-refractivity contribution is 5.93. The third kappa shape index (κ3) is 3.82. The highest BCUT2D eigenvalue weighted by Crippen LogP contribution is 2.14. The van der Waals surface area contributed by atoms with E-state index in [1.807, 2.05) is 23.1 Å². The number of aromatic nitrogens is 1. The predicted molar refractivity (Wildman–Crippen MR) is 88.5 cm³/mol. The van der Waals surface area contributed by atoms with Gasteiger partial charge in [-0.05, 0) is 25.3 Å². The van der Waals surface area contributed by atoms with Crippen LogP contribution in [-0.4, -0.2) is 40.8 Å². The predicted octanol–water partition coefficient (Wildman–Crippen LogP) is 1.95. The molecule has 6 nitrogen and oxygen atoms in total. The number of benzene rings is 1. The molecule has 1 unspecified atom stereocenters. The second-order valence-corrected chi connectivity index (χ2v) is 6.07. The van der Waals surface area contributed by atoms with Crippen molar-refractivity contribution < 1.29 is 14.0 Å². The molecule has 6 heteroatoms. The van der Waals surface area contributed by atoms with E-state index in [-0.39, 0.29) is 23.6 Å². The number of hydrogen-bond donors (Lipinski definition) is 1. The van der Waals surface area contributed by atoms with Crippen LogP contribution < -0.4 is 5.32 Å². The quantitative estimate of drug-likeness (QED) is 0.880. The van der Waals surface area contributed by atoms with E-state index < -0.39 is 0 Å². The molecule has 1 atom stereocenters. The van der Waals surface area contributed by atoms with E-state index in [9.17, 15) is 9.59 Å². The van der Waals surface area contributed by atoms with Crippen LogP contribution in [0.2, 0.25) is 0 Å². The second-order valence-electron chi connectivity index (χ2n) is 6.07. The van der Waals surface area contributed by atoms with Gasteiger partial charge in [-0.3, -0.25) is 9.59 Å². The Morgan fingerprint density at radius 1 is 1.38 bits per heavy atom. The maximum absolute atomic E-state index is 12.1. The molecule has 0 saturated carbocycles. The highest BCUT2D eigenvalue weighted by Gasteiger charge is 2.31. The van der Waals surface area contributed by atoms with Gasteiger partial charge in [0.25, 0.3) is 5.91 Å². The minimum Gasteiger partial charge on any atom is -0.438 e. The Bertz CT molecular complexity index is 711. The summed E-state index contributed by atoms with van der Waals surface area (Å²) in [5.74, 6) is -0.0124. The molecule has 1 N–H and O–H groups in total. The van der Waals surface area contributed by atoms with E-state index in [0.717, 1.165) is 12.8 Å². The van der Waals surface area contributed by atoms with Crippen LogP contribution in [0.4, 0.5) is 0 Å². The number of nitrogens with zero attached hydrogens (tertiary/aromatic N) is 2. The number of likely N-dealkylation sites (tertiary alicyclic amines) is 1. The number of carbonyl (C=O) groups excluding carboxylic acids is 2. The molecule has 24 heavy (non-hydrogen) atoms. The minimum absolute atomic E-state index is 0.0858. The number of nitrogens with one attached hydrogen (secondary N) is 1. The molecule has 3 rings (SSSR count). The van der Waals surface area contributed by atoms with Crippen LogP contribution in [0.3, 0.4) is 0 Å². The van der Waals surface area contributed by atoms with E-state index in [4.69, 9.17) is 4.42 Å². The Hall–Kier alpha value is -2.63. The molecule has 2 aromatic rings. The molecule has 1 aromatic carbocycles. The lowest BCUT2D eigenvalue weighted by Crippen LogP contribution is -2.37. The zero-order chi connectivity index (χ0) is 16.9. The smallest absolute Gasteiger partial charge is 0.289 e. The van der Waals surface area contributed by atoms with E-state index in [1.165, 1.54) is 12.0 Å². The van der Waals surface area contributed by atoms with Gasteiger partial charge in [0.15, 0.2) is 6.39 Å². The molecule has 126 valence electrons. The first kappa shape index (κ1) is 16.2. The molecule has 2 amide bonds. The van der Waals surface area contributed by atoms with Gasteiger partial charge in [-0.25, -0.2) is 4.98 Å². The monoisotopic (exact) mass is 327 g/mol. The molecule has 0 radical (unpaired) electrons. The lowest BCUT2D eigenvalue weighted by atomic mass is 10.1. The first-order chi connectivity index (χ1) is 11.6. The summed E-state index contributed by atoms with van der Waals surface area (Å²) in [5.41, 5.74) is 1.83. The van der Waals surface area contributed by atoms with Crippen LogP contribution in [0.5, 0.6) is 0 Å². The third-order valence-corrected chi connectivity index (χ3v) is 4.24. The number of rotatable bonds is 6. The van der Waals surface area contributed by atoms with Crippen LogP contribution in [0.1, 0.15) is 34.7 Å². The van der Waals surface area contributed by atoms with E-state index in [2.05, 4.69) is 22.4 Å². The second kappa shape index (κ2) is 7.29. The van der Waals surface area contributed by atoms with Crippen molar-refractivity contribution in [3.63, 3.8) is 0 Å². The zero-order valence-electron chi connectivity index (χ0n) is 13.7. The number of hydrogen-bond acceptors (Lipinski definition) is 4. The molecular weight excluding hydrogens is 306 g/mol. The topological polar surface area (TPSA) is 75.4 Å². The minimum atomic E-state index is -0.311. The van der Waals surface area contributed by atoms with Gasteiger partial charge in [-0.2, -0.15) is 0 Å². The Labute approximate surface area is 140 Å². The summed E-state index contributed by atoms with van der Waals surface area (Å²) in [7, 11) is 0. The Morgan fingerprint density at radius 3 is 2.88 bits per heavy atom. The summed E-state index contributed by atoms with van der Waals surface area (Å²) in [6.07, 6.45) is 3.45. The molecule has 1 aliphatic heterocycles. The first-order valence-electron chi connectivity index (χ1n) is 8.16. The van der Waals surface area contributed by atoms with Crippen molar-refractivity contribution in [2.75, 3.05) is 13.1 Å². The fourth-order valence-electron chi connectivity index (χ4n) is 2.97. The largest absolute Gasteiger partial charge is 0.438 e. The van der Waals surface area contributed by atoms with Gasteiger partial charge in [-0.1, -0.05) is 30.3 Å². The van der Waals surface area contributed by atoms with Crippen molar-refractivity contribution in [1.82, 2.24) is 15.2 Å². The van der Waals surface area contributed by atoms with Crippen LogP contribution in [0.25, 0.3) is 0 Å². The molecule has 1 aliphatic rings. The number of carbonyl (C=O) groups is 2. The van der Waals surface area contributed by atoms with Crippen LogP contribution in [0, 0.1) is 6.92 Å². The zero-order valence-corrected chi connectivity index (χ0v) is 13.7. The molecule has 0 bridgehead atoms. The SMILES string of the molecule is Cc1ncoc1C(=O)NC1CC(=O)N(CCCc2ccccc2)C1. The van der Waals surface area contributed by atoms with Gasteiger partial charge in [0, 0.05) is 19.5 Å². The van der Waals surface area contributed by atoms with Crippen LogP contribution >= 0.6 is 0 Å². The van der Waals surface area contributed by atoms with Gasteiger partial charge in [0.2, 0.25) is 11.7 Å². The molecule has 1 aromatic heterocycles. The molecule has 0 spiro atoms. The summed E-state index contributed by atoms with van der Waals surface area (Å²) in [6, 6.07) is 10.0. The third-order valence-electron chi connectivity index (χ3n) is 4.24. The van der Waals surface area contributed by atoms with E-state index in [0.29, 0.717) is 25.2 Å². The summed E-state index contributed by atoms with van der Waals surface area (Å²) in [6.45, 7) is 2.97. The highest BCUT2D eigenvalue weighted by atomic mass is 16.3. The van der Waals surface area contributed by atoms with Crippen molar-refractivity contribution in [3.05, 3.63) is 53.7 Å². The van der Waals surface area contributed by atoms with Gasteiger partial charge in [0.05, 0.1) is 11.7 Å². The lowest BCUT2D eigenvalue weighted by Gasteiger charge is -2.17.